The van der Waals surface area contributed by atoms with Crippen LogP contribution in [-0.4, -0.2) is 13.1 Å². The standard InChI is InChI=1S/C20H21BrN2O2S/c1-14-4-10-20(11-5-14)26(24,25)22-23-16(3)15(2)12-19(23)13-17-6-8-18(21)9-7-17/h4-12,22H,13H2,1-3H3. The summed E-state index contributed by atoms with van der Waals surface area (Å²) in [6.45, 7) is 5.83. The Labute approximate surface area is 163 Å². The molecule has 0 unspecified atom stereocenters. The Balaban J connectivity index is 1.94. The molecule has 3 rings (SSSR count). The van der Waals surface area contributed by atoms with Crippen molar-refractivity contribution in [1.82, 2.24) is 4.68 Å². The van der Waals surface area contributed by atoms with Gasteiger partial charge < -0.3 is 0 Å². The second-order valence-electron chi connectivity index (χ2n) is 6.45. The number of sulfonamides is 1. The lowest BCUT2D eigenvalue weighted by Gasteiger charge is -2.15. The molecule has 1 N–H and O–H groups in total. The smallest absolute Gasteiger partial charge is 0.255 e. The van der Waals surface area contributed by atoms with Gasteiger partial charge in [0, 0.05) is 22.3 Å². The summed E-state index contributed by atoms with van der Waals surface area (Å²) in [4.78, 5) is 2.98. The second-order valence-corrected chi connectivity index (χ2v) is 9.03. The van der Waals surface area contributed by atoms with E-state index in [2.05, 4.69) is 20.8 Å². The topological polar surface area (TPSA) is 51.1 Å². The first-order chi connectivity index (χ1) is 12.3. The van der Waals surface area contributed by atoms with Crippen molar-refractivity contribution in [2.24, 2.45) is 0 Å². The molecule has 0 aliphatic heterocycles. The largest absolute Gasteiger partial charge is 0.275 e. The lowest BCUT2D eigenvalue weighted by molar-refractivity contribution is 0.593. The number of nitrogens with zero attached hydrogens (tertiary/aromatic N) is 1. The van der Waals surface area contributed by atoms with Crippen LogP contribution in [0.5, 0.6) is 0 Å². The zero-order valence-corrected chi connectivity index (χ0v) is 17.4. The summed E-state index contributed by atoms with van der Waals surface area (Å²) in [5.74, 6) is 0. The van der Waals surface area contributed by atoms with Gasteiger partial charge in [-0.1, -0.05) is 45.8 Å². The van der Waals surface area contributed by atoms with Gasteiger partial charge in [-0.15, -0.1) is 0 Å². The van der Waals surface area contributed by atoms with Gasteiger partial charge >= 0.3 is 0 Å². The van der Waals surface area contributed by atoms with Crippen LogP contribution in [0.1, 0.15) is 28.1 Å². The van der Waals surface area contributed by atoms with E-state index in [0.717, 1.165) is 32.6 Å². The van der Waals surface area contributed by atoms with Crippen molar-refractivity contribution < 1.29 is 8.42 Å². The van der Waals surface area contributed by atoms with Crippen LogP contribution in [0.3, 0.4) is 0 Å². The molecule has 0 aliphatic carbocycles. The first kappa shape index (κ1) is 18.7. The molecule has 0 aliphatic rings. The highest BCUT2D eigenvalue weighted by Crippen LogP contribution is 2.20. The second kappa shape index (κ2) is 7.29. The van der Waals surface area contributed by atoms with Crippen molar-refractivity contribution in [2.75, 3.05) is 4.83 Å². The van der Waals surface area contributed by atoms with E-state index < -0.39 is 10.0 Å². The molecule has 0 fully saturated rings. The molecule has 26 heavy (non-hydrogen) atoms. The highest BCUT2D eigenvalue weighted by molar-refractivity contribution is 9.10. The molecule has 3 aromatic rings. The van der Waals surface area contributed by atoms with Gasteiger partial charge in [-0.2, -0.15) is 8.42 Å². The maximum absolute atomic E-state index is 12.8. The molecular weight excluding hydrogens is 412 g/mol. The predicted molar refractivity (Wildman–Crippen MR) is 109 cm³/mol. The van der Waals surface area contributed by atoms with Crippen LogP contribution in [-0.2, 0) is 16.4 Å². The van der Waals surface area contributed by atoms with Gasteiger partial charge in [0.2, 0.25) is 0 Å². The first-order valence-electron chi connectivity index (χ1n) is 8.28. The van der Waals surface area contributed by atoms with Crippen LogP contribution in [0, 0.1) is 20.8 Å². The quantitative estimate of drug-likeness (QED) is 0.634. The number of aryl methyl sites for hydroxylation is 2. The van der Waals surface area contributed by atoms with Crippen LogP contribution in [0.15, 0.2) is 64.0 Å². The van der Waals surface area contributed by atoms with Crippen molar-refractivity contribution in [3.8, 4) is 0 Å². The molecule has 0 amide bonds. The van der Waals surface area contributed by atoms with E-state index >= 15 is 0 Å². The molecule has 0 spiro atoms. The molecule has 6 heteroatoms. The van der Waals surface area contributed by atoms with E-state index in [4.69, 9.17) is 0 Å². The van der Waals surface area contributed by atoms with Crippen LogP contribution in [0.2, 0.25) is 0 Å². The number of halogens is 1. The minimum atomic E-state index is -3.66. The molecule has 4 nitrogen and oxygen atoms in total. The van der Waals surface area contributed by atoms with Crippen LogP contribution in [0.25, 0.3) is 0 Å². The van der Waals surface area contributed by atoms with Crippen LogP contribution in [0.4, 0.5) is 0 Å². The lowest BCUT2D eigenvalue weighted by Crippen LogP contribution is -2.26. The molecule has 136 valence electrons. The Bertz CT molecular complexity index is 1020. The Morgan fingerprint density at radius 1 is 0.962 bits per heavy atom. The molecule has 1 aromatic heterocycles. The zero-order chi connectivity index (χ0) is 18.9. The van der Waals surface area contributed by atoms with Gasteiger partial charge in [-0.25, -0.2) is 4.83 Å². The highest BCUT2D eigenvalue weighted by Gasteiger charge is 2.18. The number of benzene rings is 2. The molecule has 0 radical (unpaired) electrons. The third kappa shape index (κ3) is 4.02. The maximum Gasteiger partial charge on any atom is 0.275 e. The third-order valence-electron chi connectivity index (χ3n) is 4.42. The summed E-state index contributed by atoms with van der Waals surface area (Å²) in [7, 11) is -3.66. The van der Waals surface area contributed by atoms with Gasteiger partial charge in [0.25, 0.3) is 10.0 Å². The normalized spacial score (nSPS) is 11.5. The van der Waals surface area contributed by atoms with Gasteiger partial charge in [0.1, 0.15) is 0 Å². The summed E-state index contributed by atoms with van der Waals surface area (Å²) < 4.78 is 28.3. The number of hydrogen-bond acceptors (Lipinski definition) is 2. The van der Waals surface area contributed by atoms with Crippen LogP contribution >= 0.6 is 15.9 Å². The summed E-state index contributed by atoms with van der Waals surface area (Å²) in [6.07, 6.45) is 0.637. The Morgan fingerprint density at radius 2 is 1.58 bits per heavy atom. The molecule has 0 bridgehead atoms. The van der Waals surface area contributed by atoms with Crippen molar-refractivity contribution >= 4 is 26.0 Å². The minimum absolute atomic E-state index is 0.253. The number of rotatable bonds is 5. The van der Waals surface area contributed by atoms with Gasteiger partial charge in [-0.3, -0.25) is 4.68 Å². The molecule has 0 saturated carbocycles. The molecule has 1 heterocycles. The average Bonchev–Trinajstić information content (AvgIpc) is 2.84. The van der Waals surface area contributed by atoms with Gasteiger partial charge in [0.05, 0.1) is 4.90 Å². The lowest BCUT2D eigenvalue weighted by atomic mass is 10.1. The molecule has 2 aromatic carbocycles. The first-order valence-corrected chi connectivity index (χ1v) is 10.6. The van der Waals surface area contributed by atoms with E-state index in [9.17, 15) is 8.42 Å². The summed E-state index contributed by atoms with van der Waals surface area (Å²) in [5.41, 5.74) is 4.96. The van der Waals surface area contributed by atoms with Gasteiger partial charge in [0.15, 0.2) is 0 Å². The predicted octanol–water partition coefficient (Wildman–Crippen LogP) is 4.70. The average molecular weight is 433 g/mol. The maximum atomic E-state index is 12.8. The third-order valence-corrected chi connectivity index (χ3v) is 6.26. The highest BCUT2D eigenvalue weighted by atomic mass is 79.9. The summed E-state index contributed by atoms with van der Waals surface area (Å²) >= 11 is 3.43. The van der Waals surface area contributed by atoms with E-state index in [1.165, 1.54) is 0 Å². The molecule has 0 atom stereocenters. The zero-order valence-electron chi connectivity index (χ0n) is 15.0. The van der Waals surface area contributed by atoms with Crippen molar-refractivity contribution in [2.45, 2.75) is 32.1 Å². The number of nitrogens with one attached hydrogen (secondary N) is 1. The number of aromatic nitrogens is 1. The van der Waals surface area contributed by atoms with Crippen LogP contribution < -0.4 is 4.83 Å². The summed E-state index contributed by atoms with van der Waals surface area (Å²) in [5, 5.41) is 0. The monoisotopic (exact) mass is 432 g/mol. The Hall–Kier alpha value is -2.05. The fraction of sp³-hybridized carbons (Fsp3) is 0.200. The van der Waals surface area contributed by atoms with E-state index in [0.29, 0.717) is 6.42 Å². The fourth-order valence-corrected chi connectivity index (χ4v) is 4.13. The number of hydrogen-bond donors (Lipinski definition) is 1. The van der Waals surface area contributed by atoms with E-state index in [1.807, 2.05) is 51.1 Å². The molecular formula is C20H21BrN2O2S. The van der Waals surface area contributed by atoms with Crippen molar-refractivity contribution in [1.29, 1.82) is 0 Å². The van der Waals surface area contributed by atoms with E-state index in [1.54, 1.807) is 28.9 Å². The summed E-state index contributed by atoms with van der Waals surface area (Å²) in [6, 6.07) is 16.9. The van der Waals surface area contributed by atoms with E-state index in [-0.39, 0.29) is 4.90 Å². The Kier molecular flexibility index (Phi) is 5.25. The van der Waals surface area contributed by atoms with Gasteiger partial charge in [-0.05, 0) is 62.2 Å². The fourth-order valence-electron chi connectivity index (χ4n) is 2.77. The SMILES string of the molecule is Cc1ccc(S(=O)(=O)Nn2c(Cc3ccc(Br)cc3)cc(C)c2C)cc1. The Morgan fingerprint density at radius 3 is 2.19 bits per heavy atom. The van der Waals surface area contributed by atoms with Crippen molar-refractivity contribution in [3.05, 3.63) is 87.1 Å². The molecule has 0 saturated heterocycles. The van der Waals surface area contributed by atoms with Crippen molar-refractivity contribution in [3.63, 3.8) is 0 Å². The minimum Gasteiger partial charge on any atom is -0.255 e.